The lowest BCUT2D eigenvalue weighted by Gasteiger charge is -2.06. The molecule has 0 atom stereocenters. The minimum Gasteiger partial charge on any atom is -0.288 e. The van der Waals surface area contributed by atoms with Crippen LogP contribution >= 0.6 is 0 Å². The van der Waals surface area contributed by atoms with Crippen LogP contribution in [-0.2, 0) is 6.54 Å². The number of benzene rings is 1. The summed E-state index contributed by atoms with van der Waals surface area (Å²) in [7, 11) is 0. The average molecular weight is 274 g/mol. The number of nitro groups is 1. The summed E-state index contributed by atoms with van der Waals surface area (Å²) < 4.78 is 14.1. The fourth-order valence-electron chi connectivity index (χ4n) is 1.64. The van der Waals surface area contributed by atoms with Crippen LogP contribution in [0.5, 0.6) is 0 Å². The van der Waals surface area contributed by atoms with E-state index in [4.69, 9.17) is 5.26 Å². The average Bonchev–Trinajstić information content (AvgIpc) is 2.41. The van der Waals surface area contributed by atoms with Crippen molar-refractivity contribution in [1.29, 1.82) is 5.26 Å². The molecule has 0 fully saturated rings. The Morgan fingerprint density at radius 1 is 1.50 bits per heavy atom. The first-order chi connectivity index (χ1) is 9.51. The van der Waals surface area contributed by atoms with Gasteiger partial charge in [0, 0.05) is 0 Å². The zero-order valence-corrected chi connectivity index (χ0v) is 9.99. The highest BCUT2D eigenvalue weighted by Crippen LogP contribution is 2.13. The standard InChI is InChI=1S/C12H7FN4O3/c13-10-2-1-8(4-14)9(3-10)6-16-7-11(17(19)20)5-15-12(16)18/h1-3,5,7H,6H2. The zero-order valence-electron chi connectivity index (χ0n) is 9.99. The fourth-order valence-corrected chi connectivity index (χ4v) is 1.64. The summed E-state index contributed by atoms with van der Waals surface area (Å²) in [4.78, 5) is 24.8. The Morgan fingerprint density at radius 2 is 2.25 bits per heavy atom. The number of nitrogens with zero attached hydrogens (tertiary/aromatic N) is 4. The van der Waals surface area contributed by atoms with Gasteiger partial charge in [-0.05, 0) is 23.8 Å². The smallest absolute Gasteiger partial charge is 0.288 e. The van der Waals surface area contributed by atoms with E-state index in [-0.39, 0.29) is 23.4 Å². The van der Waals surface area contributed by atoms with E-state index in [1.807, 2.05) is 6.07 Å². The third kappa shape index (κ3) is 2.67. The number of aromatic nitrogens is 2. The van der Waals surface area contributed by atoms with E-state index in [0.29, 0.717) is 0 Å². The van der Waals surface area contributed by atoms with E-state index in [0.717, 1.165) is 29.1 Å². The van der Waals surface area contributed by atoms with E-state index in [1.165, 1.54) is 6.07 Å². The third-order valence-corrected chi connectivity index (χ3v) is 2.58. The highest BCUT2D eigenvalue weighted by Gasteiger charge is 2.11. The zero-order chi connectivity index (χ0) is 14.7. The van der Waals surface area contributed by atoms with Gasteiger partial charge in [0.05, 0.1) is 29.3 Å². The molecular formula is C12H7FN4O3. The van der Waals surface area contributed by atoms with Crippen molar-refractivity contribution in [1.82, 2.24) is 9.55 Å². The molecule has 0 saturated heterocycles. The van der Waals surface area contributed by atoms with Crippen LogP contribution in [0.15, 0.2) is 35.4 Å². The number of hydrogen-bond donors (Lipinski definition) is 0. The Kier molecular flexibility index (Phi) is 3.52. The van der Waals surface area contributed by atoms with Crippen LogP contribution in [0.1, 0.15) is 11.1 Å². The Balaban J connectivity index is 2.47. The van der Waals surface area contributed by atoms with Crippen LogP contribution in [0.2, 0.25) is 0 Å². The van der Waals surface area contributed by atoms with Crippen LogP contribution in [0.4, 0.5) is 10.1 Å². The van der Waals surface area contributed by atoms with Crippen molar-refractivity contribution in [2.75, 3.05) is 0 Å². The Morgan fingerprint density at radius 3 is 2.90 bits per heavy atom. The van der Waals surface area contributed by atoms with Gasteiger partial charge in [0.15, 0.2) is 0 Å². The van der Waals surface area contributed by atoms with E-state index >= 15 is 0 Å². The van der Waals surface area contributed by atoms with Gasteiger partial charge in [0.25, 0.3) is 0 Å². The normalized spacial score (nSPS) is 10.0. The lowest BCUT2D eigenvalue weighted by molar-refractivity contribution is -0.385. The summed E-state index contributed by atoms with van der Waals surface area (Å²) in [6.07, 6.45) is 1.84. The fraction of sp³-hybridized carbons (Fsp3) is 0.0833. The maximum absolute atomic E-state index is 13.2. The van der Waals surface area contributed by atoms with Gasteiger partial charge in [0.1, 0.15) is 12.0 Å². The molecule has 0 bridgehead atoms. The van der Waals surface area contributed by atoms with Crippen LogP contribution < -0.4 is 5.69 Å². The number of hydrogen-bond acceptors (Lipinski definition) is 5. The topological polar surface area (TPSA) is 102 Å². The summed E-state index contributed by atoms with van der Waals surface area (Å²) in [6, 6.07) is 5.36. The van der Waals surface area contributed by atoms with Crippen LogP contribution in [0.3, 0.4) is 0 Å². The second kappa shape index (κ2) is 5.27. The quantitative estimate of drug-likeness (QED) is 0.618. The van der Waals surface area contributed by atoms with Gasteiger partial charge in [-0.25, -0.2) is 9.18 Å². The lowest BCUT2D eigenvalue weighted by atomic mass is 10.1. The van der Waals surface area contributed by atoms with E-state index < -0.39 is 16.4 Å². The Labute approximate surface area is 111 Å². The molecule has 0 unspecified atom stereocenters. The van der Waals surface area contributed by atoms with Crippen molar-refractivity contribution in [3.8, 4) is 6.07 Å². The molecule has 0 aliphatic heterocycles. The van der Waals surface area contributed by atoms with Gasteiger partial charge in [-0.15, -0.1) is 0 Å². The molecule has 0 amide bonds. The predicted molar refractivity (Wildman–Crippen MR) is 65.4 cm³/mol. The first-order valence-corrected chi connectivity index (χ1v) is 5.40. The molecule has 100 valence electrons. The molecular weight excluding hydrogens is 267 g/mol. The summed E-state index contributed by atoms with van der Waals surface area (Å²) in [5.74, 6) is -0.564. The second-order valence-corrected chi connectivity index (χ2v) is 3.89. The van der Waals surface area contributed by atoms with Crippen molar-refractivity contribution >= 4 is 5.69 Å². The first-order valence-electron chi connectivity index (χ1n) is 5.40. The molecule has 0 aliphatic rings. The summed E-state index contributed by atoms with van der Waals surface area (Å²) in [5.41, 5.74) is -0.648. The van der Waals surface area contributed by atoms with Gasteiger partial charge < -0.3 is 0 Å². The van der Waals surface area contributed by atoms with Crippen LogP contribution in [-0.4, -0.2) is 14.5 Å². The summed E-state index contributed by atoms with van der Waals surface area (Å²) >= 11 is 0. The molecule has 20 heavy (non-hydrogen) atoms. The molecule has 2 aromatic rings. The third-order valence-electron chi connectivity index (χ3n) is 2.58. The molecule has 1 heterocycles. The maximum Gasteiger partial charge on any atom is 0.348 e. The molecule has 7 nitrogen and oxygen atoms in total. The highest BCUT2D eigenvalue weighted by atomic mass is 19.1. The SMILES string of the molecule is N#Cc1ccc(F)cc1Cn1cc([N+](=O)[O-])cnc1=O. The van der Waals surface area contributed by atoms with E-state index in [1.54, 1.807) is 0 Å². The van der Waals surface area contributed by atoms with Crippen molar-refractivity contribution in [3.05, 3.63) is 68.1 Å². The molecule has 0 aliphatic carbocycles. The van der Waals surface area contributed by atoms with Crippen LogP contribution in [0.25, 0.3) is 0 Å². The van der Waals surface area contributed by atoms with Gasteiger partial charge in [-0.2, -0.15) is 10.2 Å². The second-order valence-electron chi connectivity index (χ2n) is 3.89. The number of nitriles is 1. The molecule has 0 spiro atoms. The molecule has 0 saturated carbocycles. The molecule has 8 heteroatoms. The molecule has 2 rings (SSSR count). The minimum absolute atomic E-state index is 0.172. The van der Waals surface area contributed by atoms with Crippen molar-refractivity contribution < 1.29 is 9.31 Å². The molecule has 1 aromatic carbocycles. The molecule has 0 N–H and O–H groups in total. The highest BCUT2D eigenvalue weighted by molar-refractivity contribution is 5.38. The maximum atomic E-state index is 13.2. The Hall–Kier alpha value is -3.08. The number of halogens is 1. The first kappa shape index (κ1) is 13.4. The minimum atomic E-state index is -0.719. The van der Waals surface area contributed by atoms with Crippen molar-refractivity contribution in [3.63, 3.8) is 0 Å². The van der Waals surface area contributed by atoms with Crippen LogP contribution in [0, 0.1) is 27.3 Å². The van der Waals surface area contributed by atoms with Crippen molar-refractivity contribution in [2.45, 2.75) is 6.54 Å². The monoisotopic (exact) mass is 274 g/mol. The lowest BCUT2D eigenvalue weighted by Crippen LogP contribution is -2.23. The molecule has 1 aromatic heterocycles. The van der Waals surface area contributed by atoms with Gasteiger partial charge in [-0.3, -0.25) is 14.7 Å². The van der Waals surface area contributed by atoms with Gasteiger partial charge >= 0.3 is 11.4 Å². The Bertz CT molecular complexity index is 779. The largest absolute Gasteiger partial charge is 0.348 e. The summed E-state index contributed by atoms with van der Waals surface area (Å²) in [6.45, 7) is -0.172. The van der Waals surface area contributed by atoms with Crippen molar-refractivity contribution in [2.24, 2.45) is 0 Å². The van der Waals surface area contributed by atoms with Gasteiger partial charge in [-0.1, -0.05) is 0 Å². The van der Waals surface area contributed by atoms with Gasteiger partial charge in [0.2, 0.25) is 0 Å². The summed E-state index contributed by atoms with van der Waals surface area (Å²) in [5, 5.41) is 19.5. The predicted octanol–water partition coefficient (Wildman–Crippen LogP) is 1.21. The molecule has 0 radical (unpaired) electrons. The number of rotatable bonds is 3. The van der Waals surface area contributed by atoms with E-state index in [2.05, 4.69) is 4.98 Å². The van der Waals surface area contributed by atoms with E-state index in [9.17, 15) is 19.3 Å².